The Morgan fingerprint density at radius 2 is 2.31 bits per heavy atom. The lowest BCUT2D eigenvalue weighted by Crippen LogP contribution is -2.28. The fourth-order valence-electron chi connectivity index (χ4n) is 1.28. The van der Waals surface area contributed by atoms with E-state index in [4.69, 9.17) is 10.3 Å². The van der Waals surface area contributed by atoms with Gasteiger partial charge in [0.05, 0.1) is 4.88 Å². The third kappa shape index (κ3) is 2.48. The second kappa shape index (κ2) is 4.76. The molecule has 2 N–H and O–H groups in total. The zero-order valence-electron chi connectivity index (χ0n) is 9.38. The van der Waals surface area contributed by atoms with E-state index in [0.29, 0.717) is 24.1 Å². The summed E-state index contributed by atoms with van der Waals surface area (Å²) in [6.07, 6.45) is 0.635. The van der Waals surface area contributed by atoms with Crippen molar-refractivity contribution < 1.29 is 4.52 Å². The van der Waals surface area contributed by atoms with E-state index in [1.807, 2.05) is 17.5 Å². The molecule has 1 atom stereocenters. The van der Waals surface area contributed by atoms with E-state index in [-0.39, 0.29) is 6.04 Å². The maximum Gasteiger partial charge on any atom is 0.228 e. The fraction of sp³-hybridized carbons (Fsp3) is 0.455. The lowest BCUT2D eigenvalue weighted by atomic mass is 10.0. The maximum atomic E-state index is 5.95. The average Bonchev–Trinajstić information content (AvgIpc) is 2.85. The summed E-state index contributed by atoms with van der Waals surface area (Å²) in [4.78, 5) is 5.35. The van der Waals surface area contributed by atoms with Gasteiger partial charge in [0.15, 0.2) is 0 Å². The highest BCUT2D eigenvalue weighted by atomic mass is 32.1. The minimum atomic E-state index is 0.0663. The predicted octanol–water partition coefficient (Wildman–Crippen LogP) is 2.32. The number of hydrogen-bond acceptors (Lipinski definition) is 5. The molecule has 0 aliphatic heterocycles. The molecule has 0 aliphatic rings. The summed E-state index contributed by atoms with van der Waals surface area (Å²) in [5, 5.41) is 5.93. The van der Waals surface area contributed by atoms with E-state index in [9.17, 15) is 0 Å². The van der Waals surface area contributed by atoms with Gasteiger partial charge in [-0.25, -0.2) is 0 Å². The lowest BCUT2D eigenvalue weighted by Gasteiger charge is -2.11. The number of rotatable bonds is 4. The molecule has 5 heteroatoms. The van der Waals surface area contributed by atoms with Gasteiger partial charge in [-0.05, 0) is 17.4 Å². The summed E-state index contributed by atoms with van der Waals surface area (Å²) in [5.74, 6) is 1.68. The molecule has 86 valence electrons. The molecule has 2 aromatic rings. The fourth-order valence-corrected chi connectivity index (χ4v) is 1.93. The minimum Gasteiger partial charge on any atom is -0.339 e. The summed E-state index contributed by atoms with van der Waals surface area (Å²) in [6, 6.07) is 4.01. The van der Waals surface area contributed by atoms with Crippen molar-refractivity contribution in [2.75, 3.05) is 0 Å². The van der Waals surface area contributed by atoms with Crippen LogP contribution >= 0.6 is 11.3 Å². The van der Waals surface area contributed by atoms with Gasteiger partial charge in [-0.2, -0.15) is 4.98 Å². The predicted molar refractivity (Wildman–Crippen MR) is 64.1 cm³/mol. The first-order valence-corrected chi connectivity index (χ1v) is 6.17. The molecule has 0 aliphatic carbocycles. The first-order valence-electron chi connectivity index (χ1n) is 5.29. The highest BCUT2D eigenvalue weighted by Crippen LogP contribution is 2.21. The van der Waals surface area contributed by atoms with Crippen LogP contribution in [0.15, 0.2) is 22.0 Å². The largest absolute Gasteiger partial charge is 0.339 e. The van der Waals surface area contributed by atoms with E-state index < -0.39 is 0 Å². The van der Waals surface area contributed by atoms with Crippen molar-refractivity contribution in [2.24, 2.45) is 11.7 Å². The minimum absolute atomic E-state index is 0.0663. The van der Waals surface area contributed by atoms with Gasteiger partial charge in [-0.15, -0.1) is 11.3 Å². The molecule has 0 aromatic carbocycles. The van der Waals surface area contributed by atoms with Crippen LogP contribution in [0.25, 0.3) is 10.7 Å². The topological polar surface area (TPSA) is 64.9 Å². The molecular formula is C11H15N3OS. The van der Waals surface area contributed by atoms with E-state index in [1.165, 1.54) is 0 Å². The number of thiophene rings is 1. The molecule has 2 rings (SSSR count). The van der Waals surface area contributed by atoms with Crippen LogP contribution in [-0.2, 0) is 6.42 Å². The van der Waals surface area contributed by atoms with Crippen molar-refractivity contribution in [3.8, 4) is 10.7 Å². The number of aromatic nitrogens is 2. The Morgan fingerprint density at radius 3 is 2.94 bits per heavy atom. The van der Waals surface area contributed by atoms with Gasteiger partial charge < -0.3 is 10.3 Å². The van der Waals surface area contributed by atoms with Crippen LogP contribution in [0.4, 0.5) is 0 Å². The monoisotopic (exact) mass is 237 g/mol. The van der Waals surface area contributed by atoms with Gasteiger partial charge in [-0.1, -0.05) is 25.1 Å². The highest BCUT2D eigenvalue weighted by molar-refractivity contribution is 7.13. The van der Waals surface area contributed by atoms with Crippen molar-refractivity contribution >= 4 is 11.3 Å². The Bertz CT molecular complexity index is 436. The van der Waals surface area contributed by atoms with Gasteiger partial charge >= 0.3 is 0 Å². The van der Waals surface area contributed by atoms with Crippen LogP contribution < -0.4 is 5.73 Å². The Balaban J connectivity index is 2.08. The van der Waals surface area contributed by atoms with Crippen LogP contribution in [0.3, 0.4) is 0 Å². The third-order valence-electron chi connectivity index (χ3n) is 2.48. The van der Waals surface area contributed by atoms with Gasteiger partial charge in [-0.3, -0.25) is 0 Å². The molecule has 16 heavy (non-hydrogen) atoms. The van der Waals surface area contributed by atoms with Crippen LogP contribution in [0.5, 0.6) is 0 Å². The zero-order chi connectivity index (χ0) is 11.5. The van der Waals surface area contributed by atoms with E-state index in [2.05, 4.69) is 24.0 Å². The quantitative estimate of drug-likeness (QED) is 0.886. The Labute approximate surface area is 98.5 Å². The smallest absolute Gasteiger partial charge is 0.228 e. The zero-order valence-corrected chi connectivity index (χ0v) is 10.2. The molecule has 0 saturated heterocycles. The van der Waals surface area contributed by atoms with Crippen LogP contribution in [0.1, 0.15) is 19.7 Å². The molecule has 4 nitrogen and oxygen atoms in total. The van der Waals surface area contributed by atoms with Gasteiger partial charge in [0.25, 0.3) is 0 Å². The molecule has 0 spiro atoms. The Hall–Kier alpha value is -1.20. The van der Waals surface area contributed by atoms with Crippen LogP contribution in [-0.4, -0.2) is 16.2 Å². The molecular weight excluding hydrogens is 222 g/mol. The molecule has 1 unspecified atom stereocenters. The first kappa shape index (κ1) is 11.3. The van der Waals surface area contributed by atoms with Gasteiger partial charge in [0, 0.05) is 12.5 Å². The van der Waals surface area contributed by atoms with Crippen molar-refractivity contribution in [1.82, 2.24) is 10.1 Å². The molecule has 0 amide bonds. The summed E-state index contributed by atoms with van der Waals surface area (Å²) >= 11 is 1.60. The first-order chi connectivity index (χ1) is 7.66. The molecule has 2 aromatic heterocycles. The van der Waals surface area contributed by atoms with Crippen molar-refractivity contribution in [1.29, 1.82) is 0 Å². The number of nitrogens with two attached hydrogens (primary N) is 1. The van der Waals surface area contributed by atoms with Gasteiger partial charge in [0.1, 0.15) is 0 Å². The maximum absolute atomic E-state index is 5.95. The standard InChI is InChI=1S/C11H15N3OS/c1-7(2)8(12)6-10-13-11(14-15-10)9-4-3-5-16-9/h3-5,7-8H,6,12H2,1-2H3. The van der Waals surface area contributed by atoms with E-state index in [0.717, 1.165) is 4.88 Å². The molecule has 0 fully saturated rings. The summed E-state index contributed by atoms with van der Waals surface area (Å²) in [6.45, 7) is 4.17. The van der Waals surface area contributed by atoms with Crippen molar-refractivity contribution in [2.45, 2.75) is 26.3 Å². The van der Waals surface area contributed by atoms with Crippen LogP contribution in [0, 0.1) is 5.92 Å². The van der Waals surface area contributed by atoms with Crippen molar-refractivity contribution in [3.05, 3.63) is 23.4 Å². The SMILES string of the molecule is CC(C)C(N)Cc1nc(-c2cccs2)no1. The Morgan fingerprint density at radius 1 is 1.50 bits per heavy atom. The van der Waals surface area contributed by atoms with E-state index >= 15 is 0 Å². The van der Waals surface area contributed by atoms with Gasteiger partial charge in [0.2, 0.25) is 11.7 Å². The second-order valence-corrected chi connectivity index (χ2v) is 5.05. The summed E-state index contributed by atoms with van der Waals surface area (Å²) in [7, 11) is 0. The third-order valence-corrected chi connectivity index (χ3v) is 3.34. The normalized spacial score (nSPS) is 13.2. The highest BCUT2D eigenvalue weighted by Gasteiger charge is 2.14. The molecule has 0 bridgehead atoms. The Kier molecular flexibility index (Phi) is 3.36. The summed E-state index contributed by atoms with van der Waals surface area (Å²) in [5.41, 5.74) is 5.95. The number of hydrogen-bond donors (Lipinski definition) is 1. The lowest BCUT2D eigenvalue weighted by molar-refractivity contribution is 0.353. The summed E-state index contributed by atoms with van der Waals surface area (Å²) < 4.78 is 5.17. The average molecular weight is 237 g/mol. The van der Waals surface area contributed by atoms with Crippen LogP contribution in [0.2, 0.25) is 0 Å². The molecule has 2 heterocycles. The van der Waals surface area contributed by atoms with Crippen molar-refractivity contribution in [3.63, 3.8) is 0 Å². The van der Waals surface area contributed by atoms with E-state index in [1.54, 1.807) is 11.3 Å². The number of nitrogens with zero attached hydrogens (tertiary/aromatic N) is 2. The second-order valence-electron chi connectivity index (χ2n) is 4.10. The molecule has 0 radical (unpaired) electrons. The molecule has 0 saturated carbocycles.